The monoisotopic (exact) mass is 395 g/mol. The van der Waals surface area contributed by atoms with Gasteiger partial charge >= 0.3 is 0 Å². The number of nitrogens with zero attached hydrogens (tertiary/aromatic N) is 2. The molecule has 154 valence electrons. The van der Waals surface area contributed by atoms with Gasteiger partial charge in [-0.1, -0.05) is 13.2 Å². The van der Waals surface area contributed by atoms with Gasteiger partial charge in [0.1, 0.15) is 11.7 Å². The fraction of sp³-hybridized carbons (Fsp3) is 0.455. The van der Waals surface area contributed by atoms with Crippen molar-refractivity contribution in [3.05, 3.63) is 48.8 Å². The van der Waals surface area contributed by atoms with Gasteiger partial charge in [-0.3, -0.25) is 15.5 Å². The molecule has 2 fully saturated rings. The molecule has 2 aliphatic heterocycles. The van der Waals surface area contributed by atoms with Gasteiger partial charge in [0.2, 0.25) is 0 Å². The highest BCUT2D eigenvalue weighted by molar-refractivity contribution is 6.12. The van der Waals surface area contributed by atoms with E-state index < -0.39 is 0 Å². The molecule has 1 aromatic carbocycles. The Kier molecular flexibility index (Phi) is 5.32. The van der Waals surface area contributed by atoms with E-state index in [1.54, 1.807) is 12.1 Å². The Labute approximate surface area is 171 Å². The largest absolute Gasteiger partial charge is 0.371 e. The molecule has 0 aromatic heterocycles. The Morgan fingerprint density at radius 3 is 2.90 bits per heavy atom. The lowest BCUT2D eigenvalue weighted by Gasteiger charge is -2.41. The van der Waals surface area contributed by atoms with E-state index in [2.05, 4.69) is 39.2 Å². The molecular formula is C22H29N5O2. The first-order chi connectivity index (χ1) is 14.0. The normalized spacial score (nSPS) is 25.6. The highest BCUT2D eigenvalue weighted by atomic mass is 16.5. The second kappa shape index (κ2) is 7.91. The van der Waals surface area contributed by atoms with E-state index in [0.717, 1.165) is 44.6 Å². The Hall–Kier alpha value is -2.80. The molecule has 1 unspecified atom stereocenters. The predicted octanol–water partition coefficient (Wildman–Crippen LogP) is 3.26. The molecule has 0 radical (unpaired) electrons. The fourth-order valence-corrected chi connectivity index (χ4v) is 4.68. The lowest BCUT2D eigenvalue weighted by atomic mass is 9.79. The average molecular weight is 396 g/mol. The topological polar surface area (TPSA) is 89.0 Å². The number of hydrogen-bond acceptors (Lipinski definition) is 6. The first kappa shape index (κ1) is 19.5. The van der Waals surface area contributed by atoms with Crippen molar-refractivity contribution >= 4 is 23.1 Å². The van der Waals surface area contributed by atoms with Crippen LogP contribution in [-0.2, 0) is 0 Å². The van der Waals surface area contributed by atoms with E-state index >= 15 is 0 Å². The number of carbonyl (C=O) groups is 1. The van der Waals surface area contributed by atoms with E-state index in [1.807, 2.05) is 6.07 Å². The van der Waals surface area contributed by atoms with Crippen molar-refractivity contribution in [2.75, 3.05) is 30.0 Å². The van der Waals surface area contributed by atoms with Crippen molar-refractivity contribution in [3.63, 3.8) is 0 Å². The molecule has 2 bridgehead atoms. The van der Waals surface area contributed by atoms with Crippen LogP contribution in [0.15, 0.2) is 48.2 Å². The van der Waals surface area contributed by atoms with E-state index in [0.29, 0.717) is 34.2 Å². The van der Waals surface area contributed by atoms with Crippen LogP contribution in [0.5, 0.6) is 0 Å². The summed E-state index contributed by atoms with van der Waals surface area (Å²) in [5.41, 5.74) is 4.64. The first-order valence-corrected chi connectivity index (χ1v) is 10.3. The van der Waals surface area contributed by atoms with Gasteiger partial charge in [0.15, 0.2) is 0 Å². The van der Waals surface area contributed by atoms with E-state index in [4.69, 9.17) is 0 Å². The molecular weight excluding hydrogens is 366 g/mol. The van der Waals surface area contributed by atoms with Gasteiger partial charge in [-0.05, 0) is 67.7 Å². The van der Waals surface area contributed by atoms with Crippen LogP contribution in [-0.4, -0.2) is 36.6 Å². The molecule has 3 aliphatic rings. The SMILES string of the molecule is C=C/C1=N\C(=C)NCCCC2CN(CCC23CC3)c2cc(NO)ccc2C(=O)N1. The van der Waals surface area contributed by atoms with Gasteiger partial charge in [0.25, 0.3) is 5.91 Å². The van der Waals surface area contributed by atoms with Gasteiger partial charge in [0.05, 0.1) is 16.9 Å². The zero-order valence-electron chi connectivity index (χ0n) is 16.7. The molecule has 1 saturated heterocycles. The van der Waals surface area contributed by atoms with Crippen LogP contribution in [0.25, 0.3) is 0 Å². The number of rotatable bonds is 2. The predicted molar refractivity (Wildman–Crippen MR) is 115 cm³/mol. The minimum atomic E-state index is -0.253. The molecule has 7 heteroatoms. The van der Waals surface area contributed by atoms with Gasteiger partial charge in [0, 0.05) is 19.6 Å². The third-order valence-corrected chi connectivity index (χ3v) is 6.54. The lowest BCUT2D eigenvalue weighted by Crippen LogP contribution is -2.43. The summed E-state index contributed by atoms with van der Waals surface area (Å²) >= 11 is 0. The summed E-state index contributed by atoms with van der Waals surface area (Å²) in [6.45, 7) is 10.3. The molecule has 1 atom stereocenters. The molecule has 4 rings (SSSR count). The number of aliphatic imine (C=N–C) groups is 1. The third-order valence-electron chi connectivity index (χ3n) is 6.54. The summed E-state index contributed by atoms with van der Waals surface area (Å²) in [7, 11) is 0. The van der Waals surface area contributed by atoms with Crippen molar-refractivity contribution < 1.29 is 10.0 Å². The first-order valence-electron chi connectivity index (χ1n) is 10.3. The zero-order chi connectivity index (χ0) is 20.4. The maximum Gasteiger partial charge on any atom is 0.258 e. The van der Waals surface area contributed by atoms with Crippen molar-refractivity contribution in [2.45, 2.75) is 32.1 Å². The summed E-state index contributed by atoms with van der Waals surface area (Å²) in [6, 6.07) is 5.27. The Balaban J connectivity index is 1.72. The van der Waals surface area contributed by atoms with Crippen LogP contribution in [0, 0.1) is 11.3 Å². The van der Waals surface area contributed by atoms with Crippen LogP contribution >= 0.6 is 0 Å². The Morgan fingerprint density at radius 1 is 1.34 bits per heavy atom. The molecule has 1 aromatic rings. The molecule has 7 nitrogen and oxygen atoms in total. The standard InChI is InChI=1S/C22H29N5O2/c1-3-20-24-15(2)23-11-4-5-16-14-27(12-10-22(16)8-9-22)19-13-17(26-29)6-7-18(19)21(28)25-20/h3,6-7,13,16,23,26,29H,1-2,4-5,8-12,14H2,(H,24,25,28). The number of benzene rings is 1. The van der Waals surface area contributed by atoms with E-state index in [-0.39, 0.29) is 5.91 Å². The van der Waals surface area contributed by atoms with Crippen molar-refractivity contribution in [3.8, 4) is 0 Å². The van der Waals surface area contributed by atoms with Gasteiger partial charge < -0.3 is 15.5 Å². The number of fused-ring (bicyclic) bond motifs is 5. The van der Waals surface area contributed by atoms with Crippen LogP contribution in [0.3, 0.4) is 0 Å². The van der Waals surface area contributed by atoms with Crippen LogP contribution < -0.4 is 21.0 Å². The van der Waals surface area contributed by atoms with Crippen LogP contribution in [0.2, 0.25) is 0 Å². The van der Waals surface area contributed by atoms with E-state index in [9.17, 15) is 10.0 Å². The number of anilines is 2. The van der Waals surface area contributed by atoms with Gasteiger partial charge in [-0.15, -0.1) is 0 Å². The number of hydrogen-bond donors (Lipinski definition) is 4. The Morgan fingerprint density at radius 2 is 2.17 bits per heavy atom. The summed E-state index contributed by atoms with van der Waals surface area (Å²) in [4.78, 5) is 19.7. The minimum absolute atomic E-state index is 0.253. The maximum atomic E-state index is 13.1. The fourth-order valence-electron chi connectivity index (χ4n) is 4.68. The molecule has 29 heavy (non-hydrogen) atoms. The smallest absolute Gasteiger partial charge is 0.258 e. The molecule has 1 saturated carbocycles. The Bertz CT molecular complexity index is 859. The van der Waals surface area contributed by atoms with Crippen molar-refractivity contribution in [1.82, 2.24) is 10.6 Å². The lowest BCUT2D eigenvalue weighted by molar-refractivity contribution is 0.0977. The summed E-state index contributed by atoms with van der Waals surface area (Å²) < 4.78 is 0. The van der Waals surface area contributed by atoms with Crippen molar-refractivity contribution in [2.24, 2.45) is 16.3 Å². The summed E-state index contributed by atoms with van der Waals surface area (Å²) in [5, 5.41) is 15.5. The molecule has 2 heterocycles. The number of nitrogens with one attached hydrogen (secondary N) is 3. The minimum Gasteiger partial charge on any atom is -0.371 e. The third kappa shape index (κ3) is 4.00. The highest BCUT2D eigenvalue weighted by Crippen LogP contribution is 2.58. The summed E-state index contributed by atoms with van der Waals surface area (Å²) in [6.07, 6.45) is 7.46. The van der Waals surface area contributed by atoms with Gasteiger partial charge in [-0.25, -0.2) is 4.99 Å². The average Bonchev–Trinajstić information content (AvgIpc) is 3.51. The zero-order valence-corrected chi connectivity index (χ0v) is 16.7. The number of amidine groups is 1. The second-order valence-corrected chi connectivity index (χ2v) is 8.27. The molecule has 1 aliphatic carbocycles. The highest BCUT2D eigenvalue weighted by Gasteiger charge is 2.51. The molecule has 4 N–H and O–H groups in total. The van der Waals surface area contributed by atoms with Crippen LogP contribution in [0.4, 0.5) is 11.4 Å². The van der Waals surface area contributed by atoms with Crippen LogP contribution in [0.1, 0.15) is 42.5 Å². The molecule has 1 spiro atoms. The van der Waals surface area contributed by atoms with Crippen molar-refractivity contribution in [1.29, 1.82) is 0 Å². The summed E-state index contributed by atoms with van der Waals surface area (Å²) in [5.74, 6) is 1.22. The maximum absolute atomic E-state index is 13.1. The number of amides is 1. The second-order valence-electron chi connectivity index (χ2n) is 8.27. The number of carbonyl (C=O) groups excluding carboxylic acids is 1. The number of piperidine rings is 1. The van der Waals surface area contributed by atoms with Gasteiger partial charge in [-0.2, -0.15) is 0 Å². The quantitative estimate of drug-likeness (QED) is 0.577. The molecule has 1 amide bonds. The van der Waals surface area contributed by atoms with E-state index in [1.165, 1.54) is 18.9 Å².